The number of ketones is 1. The third-order valence-electron chi connectivity index (χ3n) is 5.84. The Kier molecular flexibility index (Phi) is 8.06. The van der Waals surface area contributed by atoms with E-state index in [2.05, 4.69) is 5.32 Å². The lowest BCUT2D eigenvalue weighted by molar-refractivity contribution is -0.151. The van der Waals surface area contributed by atoms with Crippen LogP contribution in [0.25, 0.3) is 0 Å². The van der Waals surface area contributed by atoms with Crippen molar-refractivity contribution < 1.29 is 23.9 Å². The fraction of sp³-hybridized carbons (Fsp3) is 0.458. The summed E-state index contributed by atoms with van der Waals surface area (Å²) < 4.78 is 10.5. The predicted molar refractivity (Wildman–Crippen MR) is 125 cm³/mol. The normalized spacial score (nSPS) is 22.9. The maximum atomic E-state index is 13.6. The lowest BCUT2D eigenvalue weighted by Gasteiger charge is -2.38. The number of Topliss-reactive ketones (excluding diaryl/α,β-unsaturated/α-hetero) is 1. The van der Waals surface area contributed by atoms with Gasteiger partial charge in [-0.3, -0.25) is 9.59 Å². The second-order valence-electron chi connectivity index (χ2n) is 7.89. The molecule has 2 aliphatic rings. The molecule has 1 aromatic rings. The zero-order chi connectivity index (χ0) is 23.4. The van der Waals surface area contributed by atoms with Crippen molar-refractivity contribution in [3.05, 3.63) is 57.4 Å². The van der Waals surface area contributed by atoms with Crippen LogP contribution in [0.4, 0.5) is 0 Å². The molecule has 0 saturated carbocycles. The quantitative estimate of drug-likeness (QED) is 0.357. The van der Waals surface area contributed by atoms with Crippen molar-refractivity contribution >= 4 is 41.1 Å². The number of esters is 2. The number of benzene rings is 1. The van der Waals surface area contributed by atoms with E-state index < -0.39 is 23.8 Å². The maximum absolute atomic E-state index is 13.6. The Hall–Kier alpha value is -2.25. The van der Waals surface area contributed by atoms with E-state index in [0.29, 0.717) is 45.3 Å². The Morgan fingerprint density at radius 2 is 2.00 bits per heavy atom. The zero-order valence-electron chi connectivity index (χ0n) is 18.7. The number of thioether (sulfide) groups is 1. The Bertz CT molecular complexity index is 986. The summed E-state index contributed by atoms with van der Waals surface area (Å²) in [4.78, 5) is 39.2. The predicted octanol–water partition coefficient (Wildman–Crippen LogP) is 4.25. The molecular weight excluding hydrogens is 450 g/mol. The highest BCUT2D eigenvalue weighted by Gasteiger charge is 2.47. The Balaban J connectivity index is 2.09. The molecule has 1 aliphatic carbocycles. The van der Waals surface area contributed by atoms with E-state index in [-0.39, 0.29) is 18.3 Å². The molecule has 0 unspecified atom stereocenters. The number of allylic oxidation sites excluding steroid dienone is 3. The van der Waals surface area contributed by atoms with Gasteiger partial charge in [0, 0.05) is 33.7 Å². The van der Waals surface area contributed by atoms with Crippen LogP contribution in [0.1, 0.15) is 38.7 Å². The molecule has 32 heavy (non-hydrogen) atoms. The number of rotatable bonds is 7. The summed E-state index contributed by atoms with van der Waals surface area (Å²) in [6, 6.07) is 7.13. The molecule has 1 aromatic carbocycles. The highest BCUT2D eigenvalue weighted by molar-refractivity contribution is 7.99. The smallest absolute Gasteiger partial charge is 0.336 e. The number of hydrogen-bond donors (Lipinski definition) is 1. The first-order valence-electron chi connectivity index (χ1n) is 10.6. The van der Waals surface area contributed by atoms with Gasteiger partial charge in [0.15, 0.2) is 5.78 Å². The van der Waals surface area contributed by atoms with E-state index in [4.69, 9.17) is 21.1 Å². The number of methoxy groups -OCH3 is 1. The van der Waals surface area contributed by atoms with Crippen molar-refractivity contribution in [2.75, 3.05) is 25.2 Å². The Morgan fingerprint density at radius 3 is 2.66 bits per heavy atom. The van der Waals surface area contributed by atoms with Gasteiger partial charge in [-0.25, -0.2) is 4.79 Å². The Morgan fingerprint density at radius 1 is 1.28 bits per heavy atom. The molecule has 0 amide bonds. The summed E-state index contributed by atoms with van der Waals surface area (Å²) in [7, 11) is 1.28. The first-order chi connectivity index (χ1) is 15.3. The topological polar surface area (TPSA) is 81.7 Å². The summed E-state index contributed by atoms with van der Waals surface area (Å²) in [6.45, 7) is 5.96. The molecule has 1 aliphatic heterocycles. The molecule has 0 saturated heterocycles. The van der Waals surface area contributed by atoms with Crippen molar-refractivity contribution in [2.24, 2.45) is 11.8 Å². The summed E-state index contributed by atoms with van der Waals surface area (Å²) in [5.74, 6) is -1.68. The molecule has 8 heteroatoms. The van der Waals surface area contributed by atoms with Crippen molar-refractivity contribution in [3.63, 3.8) is 0 Å². The van der Waals surface area contributed by atoms with E-state index in [1.54, 1.807) is 36.9 Å². The van der Waals surface area contributed by atoms with Crippen molar-refractivity contribution in [1.29, 1.82) is 0 Å². The van der Waals surface area contributed by atoms with E-state index in [1.807, 2.05) is 19.9 Å². The van der Waals surface area contributed by atoms with Crippen molar-refractivity contribution in [3.8, 4) is 0 Å². The van der Waals surface area contributed by atoms with Crippen LogP contribution >= 0.6 is 23.4 Å². The van der Waals surface area contributed by atoms with E-state index in [9.17, 15) is 14.4 Å². The van der Waals surface area contributed by atoms with E-state index in [0.717, 1.165) is 5.75 Å². The minimum Gasteiger partial charge on any atom is -0.468 e. The summed E-state index contributed by atoms with van der Waals surface area (Å²) in [5, 5.41) is 3.68. The number of hydrogen-bond acceptors (Lipinski definition) is 7. The van der Waals surface area contributed by atoms with Crippen LogP contribution in [0.2, 0.25) is 5.02 Å². The maximum Gasteiger partial charge on any atom is 0.336 e. The summed E-state index contributed by atoms with van der Waals surface area (Å²) in [5.41, 5.74) is 2.68. The molecule has 0 bridgehead atoms. The van der Waals surface area contributed by atoms with Gasteiger partial charge in [0.25, 0.3) is 0 Å². The molecule has 1 heterocycles. The molecule has 1 N–H and O–H groups in total. The molecule has 0 aromatic heterocycles. The number of carbonyl (C=O) groups is 3. The minimum absolute atomic E-state index is 0.236. The second-order valence-corrected chi connectivity index (χ2v) is 9.69. The number of nitrogens with one attached hydrogen (secondary N) is 1. The van der Waals surface area contributed by atoms with Gasteiger partial charge in [-0.05, 0) is 36.6 Å². The van der Waals surface area contributed by atoms with Crippen LogP contribution in [0.15, 0.2) is 46.8 Å². The first-order valence-corrected chi connectivity index (χ1v) is 12.2. The van der Waals surface area contributed by atoms with Crippen LogP contribution in [0.5, 0.6) is 0 Å². The van der Waals surface area contributed by atoms with Crippen LogP contribution in [-0.2, 0) is 23.9 Å². The van der Waals surface area contributed by atoms with E-state index >= 15 is 0 Å². The fourth-order valence-corrected chi connectivity index (χ4v) is 5.12. The van der Waals surface area contributed by atoms with Crippen LogP contribution in [0, 0.1) is 11.8 Å². The first kappa shape index (κ1) is 24.4. The largest absolute Gasteiger partial charge is 0.468 e. The molecule has 3 atom stereocenters. The lowest BCUT2D eigenvalue weighted by atomic mass is 9.69. The monoisotopic (exact) mass is 477 g/mol. The van der Waals surface area contributed by atoms with Gasteiger partial charge in [-0.1, -0.05) is 43.6 Å². The third kappa shape index (κ3) is 4.74. The Labute approximate surface area is 197 Å². The average Bonchev–Trinajstić information content (AvgIpc) is 2.75. The van der Waals surface area contributed by atoms with Crippen LogP contribution in [-0.4, -0.2) is 42.9 Å². The van der Waals surface area contributed by atoms with Gasteiger partial charge in [-0.15, -0.1) is 0 Å². The average molecular weight is 478 g/mol. The second kappa shape index (κ2) is 10.6. The van der Waals surface area contributed by atoms with Gasteiger partial charge < -0.3 is 14.8 Å². The highest BCUT2D eigenvalue weighted by atomic mass is 35.5. The number of halogens is 1. The molecule has 0 fully saturated rings. The lowest BCUT2D eigenvalue weighted by Crippen LogP contribution is -2.43. The van der Waals surface area contributed by atoms with Crippen LogP contribution in [0.3, 0.4) is 0 Å². The van der Waals surface area contributed by atoms with Gasteiger partial charge in [0.05, 0.1) is 12.7 Å². The SMILES string of the molecule is CCSCCOC(=O)C1=C(C)NC2=C(C(=O)[C@@H](C(=O)OC)[C@H](C)C2)[C@@H]1c1ccccc1Cl. The third-order valence-corrected chi connectivity index (χ3v) is 7.05. The zero-order valence-corrected chi connectivity index (χ0v) is 20.3. The fourth-order valence-electron chi connectivity index (χ4n) is 4.39. The molecule has 0 spiro atoms. The van der Waals surface area contributed by atoms with E-state index in [1.165, 1.54) is 7.11 Å². The van der Waals surface area contributed by atoms with Crippen LogP contribution < -0.4 is 5.32 Å². The summed E-state index contributed by atoms with van der Waals surface area (Å²) >= 11 is 8.21. The molecular formula is C24H28ClNO5S. The van der Waals surface area contributed by atoms with Gasteiger partial charge in [0.1, 0.15) is 12.5 Å². The summed E-state index contributed by atoms with van der Waals surface area (Å²) in [6.07, 6.45) is 0.481. The van der Waals surface area contributed by atoms with Crippen molar-refractivity contribution in [2.45, 2.75) is 33.1 Å². The van der Waals surface area contributed by atoms with Gasteiger partial charge in [-0.2, -0.15) is 11.8 Å². The molecule has 172 valence electrons. The standard InChI is InChI=1S/C24H28ClNO5S/c1-5-32-11-10-31-24(29)19-14(3)26-17-12-13(2)18(23(28)30-4)22(27)21(17)20(19)15-8-6-7-9-16(15)25/h6-9,13,18,20,26H,5,10-12H2,1-4H3/t13-,18+,20-/m1/s1. The van der Waals surface area contributed by atoms with Gasteiger partial charge in [0.2, 0.25) is 0 Å². The molecule has 3 rings (SSSR count). The number of dihydropyridines is 1. The van der Waals surface area contributed by atoms with Crippen molar-refractivity contribution in [1.82, 2.24) is 5.32 Å². The minimum atomic E-state index is -0.929. The highest BCUT2D eigenvalue weighted by Crippen LogP contribution is 2.46. The number of ether oxygens (including phenoxy) is 2. The molecule has 0 radical (unpaired) electrons. The van der Waals surface area contributed by atoms with Gasteiger partial charge >= 0.3 is 11.9 Å². The molecule has 6 nitrogen and oxygen atoms in total. The number of carbonyl (C=O) groups excluding carboxylic acids is 3.